The van der Waals surface area contributed by atoms with Crippen molar-refractivity contribution in [2.75, 3.05) is 47.5 Å². The van der Waals surface area contributed by atoms with Crippen molar-refractivity contribution in [1.29, 1.82) is 0 Å². The molecule has 0 saturated heterocycles. The zero-order valence-electron chi connectivity index (χ0n) is 18.4. The van der Waals surface area contributed by atoms with Gasteiger partial charge in [-0.3, -0.25) is 4.57 Å². The Morgan fingerprint density at radius 3 is 2.48 bits per heavy atom. The predicted molar refractivity (Wildman–Crippen MR) is 117 cm³/mol. The van der Waals surface area contributed by atoms with Crippen LogP contribution in [0, 0.1) is 0 Å². The van der Waals surface area contributed by atoms with Gasteiger partial charge in [0.15, 0.2) is 0 Å². The van der Waals surface area contributed by atoms with E-state index in [2.05, 4.69) is 6.58 Å². The summed E-state index contributed by atoms with van der Waals surface area (Å²) in [7, 11) is 1.10. The average molecular weight is 451 g/mol. The Morgan fingerprint density at radius 1 is 1.13 bits per heavy atom. The molecule has 0 fully saturated rings. The second-order valence-corrected chi connectivity index (χ2v) is 9.55. The fourth-order valence-electron chi connectivity index (χ4n) is 2.54. The van der Waals surface area contributed by atoms with Crippen LogP contribution in [0.1, 0.15) is 6.92 Å². The molecule has 2 atom stereocenters. The number of esters is 1. The number of fused-ring (bicyclic) bond motifs is 1. The Hall–Kier alpha value is -2.22. The molecule has 0 saturated carbocycles. The van der Waals surface area contributed by atoms with Crippen molar-refractivity contribution in [3.05, 3.63) is 54.6 Å². The van der Waals surface area contributed by atoms with Gasteiger partial charge in [0.25, 0.3) is 7.82 Å². The number of phosphoric ester groups is 1. The summed E-state index contributed by atoms with van der Waals surface area (Å²) in [4.78, 5) is 24.0. The highest BCUT2D eigenvalue weighted by Crippen LogP contribution is 2.40. The number of carbonyl (C=O) groups is 1. The molecule has 0 heterocycles. The molecule has 0 bridgehead atoms. The van der Waals surface area contributed by atoms with E-state index in [1.54, 1.807) is 6.07 Å². The van der Waals surface area contributed by atoms with Crippen LogP contribution < -0.4 is 9.63 Å². The number of rotatable bonds is 12. The molecule has 2 rings (SSSR count). The first kappa shape index (κ1) is 25.0. The van der Waals surface area contributed by atoms with E-state index < -0.39 is 19.9 Å². The average Bonchev–Trinajstić information content (AvgIpc) is 2.68. The van der Waals surface area contributed by atoms with Crippen LogP contribution in [-0.2, 0) is 23.1 Å². The fraction of sp³-hybridized carbons (Fsp3) is 0.409. The Balaban J connectivity index is 2.07. The van der Waals surface area contributed by atoms with Crippen molar-refractivity contribution < 1.29 is 37.3 Å². The van der Waals surface area contributed by atoms with E-state index in [0.717, 1.165) is 10.8 Å². The number of carbonyl (C=O) groups excluding carboxylic acids is 1. The molecule has 170 valence electrons. The Kier molecular flexibility index (Phi) is 8.79. The summed E-state index contributed by atoms with van der Waals surface area (Å²) in [5.74, 6) is -0.0879. The van der Waals surface area contributed by atoms with Crippen LogP contribution in [-0.4, -0.2) is 64.1 Å². The van der Waals surface area contributed by atoms with Gasteiger partial charge in [0.05, 0.1) is 21.1 Å². The van der Waals surface area contributed by atoms with Crippen LogP contribution in [0.15, 0.2) is 54.6 Å². The minimum absolute atomic E-state index is 0.0350. The van der Waals surface area contributed by atoms with Gasteiger partial charge in [-0.25, -0.2) is 4.79 Å². The molecule has 9 heteroatoms. The van der Waals surface area contributed by atoms with Crippen molar-refractivity contribution >= 4 is 24.6 Å². The number of hydrogen-bond acceptors (Lipinski definition) is 7. The maximum Gasteiger partial charge on any atom is 0.333 e. The van der Waals surface area contributed by atoms with Gasteiger partial charge in [-0.15, -0.1) is 0 Å². The molecule has 0 aliphatic rings. The van der Waals surface area contributed by atoms with E-state index in [9.17, 15) is 14.3 Å². The maximum atomic E-state index is 12.3. The van der Waals surface area contributed by atoms with Crippen LogP contribution in [0.4, 0.5) is 0 Å². The molecule has 0 N–H and O–H groups in total. The smallest absolute Gasteiger partial charge is 0.333 e. The third kappa shape index (κ3) is 8.81. The van der Waals surface area contributed by atoms with Gasteiger partial charge in [-0.2, -0.15) is 0 Å². The lowest BCUT2D eigenvalue weighted by Crippen LogP contribution is -2.38. The topological polar surface area (TPSA) is 94.1 Å². The standard InChI is InChI=1S/C22H30NO7P/c1-17(2)22(24)28-16-19(30-31(25,26)29-14-13-23(3,4)5)15-27-21-12-8-10-18-9-6-7-11-20(18)21/h6-12,19H,1,13-16H2,2-5H3. The fourth-order valence-corrected chi connectivity index (χ4v) is 3.40. The number of benzene rings is 2. The number of ether oxygens (including phenoxy) is 2. The second-order valence-electron chi connectivity index (χ2n) is 8.19. The summed E-state index contributed by atoms with van der Waals surface area (Å²) < 4.78 is 33.8. The van der Waals surface area contributed by atoms with Gasteiger partial charge in [0.1, 0.15) is 38.2 Å². The molecule has 0 aliphatic carbocycles. The van der Waals surface area contributed by atoms with Crippen LogP contribution in [0.2, 0.25) is 0 Å². The normalized spacial score (nSPS) is 14.6. The van der Waals surface area contributed by atoms with Crippen LogP contribution in [0.25, 0.3) is 10.8 Å². The van der Waals surface area contributed by atoms with Gasteiger partial charge < -0.3 is 27.9 Å². The SMILES string of the molecule is C=C(C)C(=O)OCC(COc1cccc2ccccc12)OP(=O)([O-])OCC[N+](C)(C)C. The highest BCUT2D eigenvalue weighted by Gasteiger charge is 2.22. The molecule has 0 radical (unpaired) electrons. The first-order valence-corrected chi connectivity index (χ1v) is 11.3. The first-order valence-electron chi connectivity index (χ1n) is 9.84. The molecule has 0 aromatic heterocycles. The third-order valence-corrected chi connectivity index (χ3v) is 5.27. The van der Waals surface area contributed by atoms with E-state index in [0.29, 0.717) is 16.8 Å². The lowest BCUT2D eigenvalue weighted by atomic mass is 10.1. The molecule has 0 amide bonds. The van der Waals surface area contributed by atoms with Gasteiger partial charge in [-0.05, 0) is 18.4 Å². The summed E-state index contributed by atoms with van der Waals surface area (Å²) in [5, 5.41) is 1.84. The van der Waals surface area contributed by atoms with E-state index in [4.69, 9.17) is 18.5 Å². The molecule has 8 nitrogen and oxygen atoms in total. The van der Waals surface area contributed by atoms with Crippen LogP contribution >= 0.6 is 7.82 Å². The molecular weight excluding hydrogens is 421 g/mol. The van der Waals surface area contributed by atoms with E-state index in [1.165, 1.54) is 6.92 Å². The summed E-state index contributed by atoms with van der Waals surface area (Å²) in [6, 6.07) is 13.2. The van der Waals surface area contributed by atoms with Crippen molar-refractivity contribution in [3.8, 4) is 5.75 Å². The maximum absolute atomic E-state index is 12.3. The monoisotopic (exact) mass is 451 g/mol. The van der Waals surface area contributed by atoms with Crippen molar-refractivity contribution in [2.24, 2.45) is 0 Å². The number of quaternary nitrogens is 1. The quantitative estimate of drug-likeness (QED) is 0.212. The van der Waals surface area contributed by atoms with Crippen LogP contribution in [0.5, 0.6) is 5.75 Å². The van der Waals surface area contributed by atoms with E-state index >= 15 is 0 Å². The van der Waals surface area contributed by atoms with Gasteiger partial charge >= 0.3 is 5.97 Å². The van der Waals surface area contributed by atoms with Crippen molar-refractivity contribution in [1.82, 2.24) is 0 Å². The minimum atomic E-state index is -4.64. The van der Waals surface area contributed by atoms with Gasteiger partial charge in [-0.1, -0.05) is 43.0 Å². The second kappa shape index (κ2) is 10.9. The lowest BCUT2D eigenvalue weighted by Gasteiger charge is -2.30. The van der Waals surface area contributed by atoms with Crippen LogP contribution in [0.3, 0.4) is 0 Å². The van der Waals surface area contributed by atoms with Crippen molar-refractivity contribution in [2.45, 2.75) is 13.0 Å². The molecule has 2 aromatic rings. The number of hydrogen-bond donors (Lipinski definition) is 0. The van der Waals surface area contributed by atoms with Gasteiger partial charge in [0.2, 0.25) is 0 Å². The highest BCUT2D eigenvalue weighted by molar-refractivity contribution is 7.45. The molecule has 2 aromatic carbocycles. The van der Waals surface area contributed by atoms with E-state index in [1.807, 2.05) is 57.5 Å². The lowest BCUT2D eigenvalue weighted by molar-refractivity contribution is -0.870. The van der Waals surface area contributed by atoms with E-state index in [-0.39, 0.29) is 25.4 Å². The summed E-state index contributed by atoms with van der Waals surface area (Å²) in [5.41, 5.74) is 0.193. The number of nitrogens with zero attached hydrogens (tertiary/aromatic N) is 1. The zero-order valence-corrected chi connectivity index (χ0v) is 19.3. The summed E-state index contributed by atoms with van der Waals surface area (Å²) >= 11 is 0. The Labute approximate surface area is 183 Å². The molecule has 2 unspecified atom stereocenters. The Morgan fingerprint density at radius 2 is 1.81 bits per heavy atom. The van der Waals surface area contributed by atoms with Crippen molar-refractivity contribution in [3.63, 3.8) is 0 Å². The highest BCUT2D eigenvalue weighted by atomic mass is 31.2. The molecule has 0 aliphatic heterocycles. The Bertz CT molecular complexity index is 949. The molecule has 0 spiro atoms. The van der Waals surface area contributed by atoms with Gasteiger partial charge in [0, 0.05) is 11.0 Å². The minimum Gasteiger partial charge on any atom is -0.756 e. The predicted octanol–water partition coefficient (Wildman–Crippen LogP) is 2.91. The first-order chi connectivity index (χ1) is 14.5. The number of phosphoric acid groups is 1. The third-order valence-electron chi connectivity index (χ3n) is 4.21. The summed E-state index contributed by atoms with van der Waals surface area (Å²) in [6.07, 6.45) is -1.09. The summed E-state index contributed by atoms with van der Waals surface area (Å²) in [6.45, 7) is 4.94. The largest absolute Gasteiger partial charge is 0.756 e. The molecule has 31 heavy (non-hydrogen) atoms. The number of likely N-dealkylation sites (N-methyl/N-ethyl adjacent to an activating group) is 1. The zero-order chi connectivity index (χ0) is 23.1. The molecular formula is C22H30NO7P.